The molecule has 1 aliphatic heterocycles. The molecule has 7 nitrogen and oxygen atoms in total. The Morgan fingerprint density at radius 2 is 2.07 bits per heavy atom. The molecule has 1 saturated heterocycles. The summed E-state index contributed by atoms with van der Waals surface area (Å²) in [7, 11) is 1.30. The lowest BCUT2D eigenvalue weighted by Gasteiger charge is -2.28. The van der Waals surface area contributed by atoms with Crippen LogP contribution in [0, 0.1) is 0 Å². The molecular formula is C17H22F4N4O3. The van der Waals surface area contributed by atoms with E-state index in [0.717, 1.165) is 11.0 Å². The summed E-state index contributed by atoms with van der Waals surface area (Å²) in [5.41, 5.74) is 5.08. The van der Waals surface area contributed by atoms with Crippen LogP contribution < -0.4 is 16.0 Å². The number of morpholine rings is 1. The molecule has 1 aliphatic rings. The molecule has 156 valence electrons. The van der Waals surface area contributed by atoms with Gasteiger partial charge in [-0.1, -0.05) is 0 Å². The number of hydrogen-bond donors (Lipinski definition) is 2. The van der Waals surface area contributed by atoms with Gasteiger partial charge in [-0.05, 0) is 25.2 Å². The van der Waals surface area contributed by atoms with Crippen molar-refractivity contribution in [1.29, 1.82) is 0 Å². The van der Waals surface area contributed by atoms with Crippen LogP contribution in [0.3, 0.4) is 0 Å². The van der Waals surface area contributed by atoms with E-state index in [-0.39, 0.29) is 43.6 Å². The van der Waals surface area contributed by atoms with Crippen LogP contribution in [0.1, 0.15) is 12.0 Å². The molecular weight excluding hydrogens is 384 g/mol. The maximum Gasteiger partial charge on any atom is 0.265 e. The molecule has 1 atom stereocenters. The summed E-state index contributed by atoms with van der Waals surface area (Å²) in [5.74, 6) is -1.14. The predicted molar refractivity (Wildman–Crippen MR) is 94.7 cm³/mol. The van der Waals surface area contributed by atoms with Crippen LogP contribution in [-0.4, -0.2) is 69.1 Å². The average Bonchev–Trinajstić information content (AvgIpc) is 2.62. The Kier molecular flexibility index (Phi) is 7.72. The first-order chi connectivity index (χ1) is 13.2. The van der Waals surface area contributed by atoms with E-state index in [1.54, 1.807) is 0 Å². The van der Waals surface area contributed by atoms with Gasteiger partial charge >= 0.3 is 0 Å². The highest BCUT2D eigenvalue weighted by molar-refractivity contribution is 5.97. The zero-order valence-corrected chi connectivity index (χ0v) is 15.2. The van der Waals surface area contributed by atoms with Crippen molar-refractivity contribution in [1.82, 2.24) is 4.90 Å². The molecule has 2 rings (SSSR count). The van der Waals surface area contributed by atoms with Crippen LogP contribution in [0.2, 0.25) is 0 Å². The Hall–Kier alpha value is -2.24. The number of halogens is 4. The molecule has 1 aromatic rings. The molecule has 0 radical (unpaired) electrons. The Labute approximate surface area is 159 Å². The number of benzene rings is 1. The number of anilines is 2. The highest BCUT2D eigenvalue weighted by Crippen LogP contribution is 2.32. The first kappa shape index (κ1) is 22.1. The van der Waals surface area contributed by atoms with Crippen LogP contribution in [0.4, 0.5) is 28.9 Å². The third-order valence-corrected chi connectivity index (χ3v) is 4.31. The van der Waals surface area contributed by atoms with E-state index >= 15 is 0 Å². The van der Waals surface area contributed by atoms with E-state index in [2.05, 4.69) is 5.32 Å². The number of alkyl halides is 4. The zero-order chi connectivity index (χ0) is 20.8. The molecule has 3 N–H and O–H groups in total. The average molecular weight is 406 g/mol. The molecule has 0 spiro atoms. The molecule has 11 heteroatoms. The number of nitrogens with two attached hydrogens (primary N) is 1. The predicted octanol–water partition coefficient (Wildman–Crippen LogP) is 1.45. The fourth-order valence-electron chi connectivity index (χ4n) is 2.85. The summed E-state index contributed by atoms with van der Waals surface area (Å²) in [4.78, 5) is 26.6. The van der Waals surface area contributed by atoms with Crippen molar-refractivity contribution >= 4 is 23.2 Å². The van der Waals surface area contributed by atoms with Crippen molar-refractivity contribution in [3.05, 3.63) is 23.8 Å². The summed E-state index contributed by atoms with van der Waals surface area (Å²) in [6.07, 6.45) is -5.60. The molecule has 1 heterocycles. The molecule has 1 fully saturated rings. The molecule has 0 saturated carbocycles. The van der Waals surface area contributed by atoms with Gasteiger partial charge in [-0.2, -0.15) is 0 Å². The van der Waals surface area contributed by atoms with Crippen molar-refractivity contribution in [2.45, 2.75) is 18.9 Å². The van der Waals surface area contributed by atoms with E-state index in [0.29, 0.717) is 0 Å². The summed E-state index contributed by atoms with van der Waals surface area (Å²) < 4.78 is 57.1. The van der Waals surface area contributed by atoms with E-state index in [4.69, 9.17) is 10.5 Å². The van der Waals surface area contributed by atoms with Crippen LogP contribution in [0.15, 0.2) is 18.2 Å². The van der Waals surface area contributed by atoms with Gasteiger partial charge in [0.05, 0.1) is 13.2 Å². The third-order valence-electron chi connectivity index (χ3n) is 4.31. The third kappa shape index (κ3) is 5.40. The van der Waals surface area contributed by atoms with Crippen LogP contribution in [-0.2, 0) is 14.3 Å². The number of amides is 2. The number of nitrogens with zero attached hydrogens (tertiary/aromatic N) is 2. The fourth-order valence-corrected chi connectivity index (χ4v) is 2.85. The Balaban J connectivity index is 2.22. The number of rotatable bonds is 8. The van der Waals surface area contributed by atoms with Crippen molar-refractivity contribution in [3.8, 4) is 0 Å². The minimum atomic E-state index is -2.93. The number of nitrogens with one attached hydrogen (secondary N) is 1. The lowest BCUT2D eigenvalue weighted by atomic mass is 10.1. The Morgan fingerprint density at radius 1 is 1.36 bits per heavy atom. The van der Waals surface area contributed by atoms with E-state index in [1.165, 1.54) is 24.1 Å². The molecule has 2 amide bonds. The van der Waals surface area contributed by atoms with E-state index in [9.17, 15) is 27.2 Å². The molecule has 0 bridgehead atoms. The topological polar surface area (TPSA) is 87.9 Å². The van der Waals surface area contributed by atoms with Crippen molar-refractivity contribution in [2.75, 3.05) is 50.1 Å². The molecule has 0 unspecified atom stereocenters. The second-order valence-corrected chi connectivity index (χ2v) is 6.24. The number of ether oxygens (including phenoxy) is 1. The summed E-state index contributed by atoms with van der Waals surface area (Å²) in [5, 5.41) is 2.32. The lowest BCUT2D eigenvalue weighted by Crippen LogP contribution is -2.48. The number of likely N-dealkylation sites (N-methyl/N-ethyl adjacent to an activating group) is 1. The molecule has 0 aliphatic carbocycles. The van der Waals surface area contributed by atoms with Crippen LogP contribution in [0.5, 0.6) is 0 Å². The van der Waals surface area contributed by atoms with Gasteiger partial charge in [-0.3, -0.25) is 14.5 Å². The van der Waals surface area contributed by atoms with E-state index in [1.807, 2.05) is 0 Å². The summed E-state index contributed by atoms with van der Waals surface area (Å²) in [6, 6.07) is 2.67. The van der Waals surface area contributed by atoms with Crippen molar-refractivity contribution < 1.29 is 31.9 Å². The smallest absolute Gasteiger partial charge is 0.265 e. The minimum absolute atomic E-state index is 0.142. The largest absolute Gasteiger partial charge is 0.370 e. The van der Waals surface area contributed by atoms with Gasteiger partial charge in [0.1, 0.15) is 12.6 Å². The molecule has 0 aromatic heterocycles. The molecule has 1 aromatic carbocycles. The zero-order valence-electron chi connectivity index (χ0n) is 15.2. The van der Waals surface area contributed by atoms with Gasteiger partial charge in [0.25, 0.3) is 18.8 Å². The van der Waals surface area contributed by atoms with Crippen LogP contribution in [0.25, 0.3) is 0 Å². The Morgan fingerprint density at radius 3 is 2.64 bits per heavy atom. The van der Waals surface area contributed by atoms with Gasteiger partial charge in [0, 0.05) is 30.0 Å². The second kappa shape index (κ2) is 9.80. The highest BCUT2D eigenvalue weighted by atomic mass is 19.3. The van der Waals surface area contributed by atoms with Gasteiger partial charge in [-0.15, -0.1) is 0 Å². The van der Waals surface area contributed by atoms with Gasteiger partial charge in [0.15, 0.2) is 0 Å². The second-order valence-electron chi connectivity index (χ2n) is 6.24. The van der Waals surface area contributed by atoms with Crippen molar-refractivity contribution in [2.24, 2.45) is 5.73 Å². The lowest BCUT2D eigenvalue weighted by molar-refractivity contribution is -0.125. The SMILES string of the molecule is CN(CC(F)F)[C@@H](CN)C(=O)Nc1ccc(N2CCOCC2=O)cc1C(F)F. The van der Waals surface area contributed by atoms with Gasteiger partial charge < -0.3 is 20.7 Å². The summed E-state index contributed by atoms with van der Waals surface area (Å²) >= 11 is 0. The van der Waals surface area contributed by atoms with Crippen LogP contribution >= 0.6 is 0 Å². The monoisotopic (exact) mass is 406 g/mol. The minimum Gasteiger partial charge on any atom is -0.370 e. The number of carbonyl (C=O) groups excluding carboxylic acids is 2. The summed E-state index contributed by atoms with van der Waals surface area (Å²) in [6.45, 7) is -0.588. The van der Waals surface area contributed by atoms with Crippen molar-refractivity contribution in [3.63, 3.8) is 0 Å². The Bertz CT molecular complexity index is 705. The highest BCUT2D eigenvalue weighted by Gasteiger charge is 2.27. The standard InChI is InChI=1S/C17H22F4N4O3/c1-24(8-14(18)19)13(7-22)17(27)23-12-3-2-10(6-11(12)16(20)21)25-4-5-28-9-15(25)26/h2-3,6,13-14,16H,4-5,7-9,22H2,1H3,(H,23,27)/t13-/m0/s1. The number of hydrogen-bond acceptors (Lipinski definition) is 5. The first-order valence-electron chi connectivity index (χ1n) is 8.54. The number of carbonyl (C=O) groups is 2. The first-order valence-corrected chi connectivity index (χ1v) is 8.54. The van der Waals surface area contributed by atoms with Gasteiger partial charge in [-0.25, -0.2) is 17.6 Å². The quantitative estimate of drug-likeness (QED) is 0.638. The fraction of sp³-hybridized carbons (Fsp3) is 0.529. The van der Waals surface area contributed by atoms with Gasteiger partial charge in [0.2, 0.25) is 5.91 Å². The normalized spacial score (nSPS) is 16.2. The van der Waals surface area contributed by atoms with E-state index < -0.39 is 36.9 Å². The molecule has 28 heavy (non-hydrogen) atoms. The maximum atomic E-state index is 13.5. The maximum absolute atomic E-state index is 13.5.